The highest BCUT2D eigenvalue weighted by atomic mass is 16.5. The van der Waals surface area contributed by atoms with E-state index in [1.54, 1.807) is 20.3 Å². The molecule has 0 amide bonds. The van der Waals surface area contributed by atoms with Crippen molar-refractivity contribution in [3.05, 3.63) is 57.7 Å². The number of carbonyl (C=O) groups excluding carboxylic acids is 1. The van der Waals surface area contributed by atoms with Crippen molar-refractivity contribution >= 4 is 17.7 Å². The molecule has 11 nitrogen and oxygen atoms in total. The van der Waals surface area contributed by atoms with Crippen LogP contribution in [0, 0.1) is 6.92 Å². The third kappa shape index (κ3) is 10.7. The summed E-state index contributed by atoms with van der Waals surface area (Å²) in [5.41, 5.74) is 3.69. The number of ether oxygens (including phenoxy) is 6. The summed E-state index contributed by atoms with van der Waals surface area (Å²) < 4.78 is 35.1. The number of allylic oxidation sites excluding steroid dienone is 2. The first-order chi connectivity index (χ1) is 23.0. The molecule has 1 aliphatic heterocycles. The van der Waals surface area contributed by atoms with Gasteiger partial charge in [-0.15, -0.1) is 0 Å². The topological polar surface area (TPSA) is 147 Å². The first-order valence-electron chi connectivity index (χ1n) is 16.5. The lowest BCUT2D eigenvalue weighted by molar-refractivity contribution is -0.149. The first-order valence-corrected chi connectivity index (χ1v) is 16.5. The molecular formula is C38H52O11. The highest BCUT2D eigenvalue weighted by molar-refractivity contribution is 6.03. The van der Waals surface area contributed by atoms with E-state index in [4.69, 9.17) is 38.6 Å². The van der Waals surface area contributed by atoms with Crippen molar-refractivity contribution in [1.82, 2.24) is 0 Å². The van der Waals surface area contributed by atoms with Crippen molar-refractivity contribution in [2.45, 2.75) is 104 Å². The molecule has 3 rings (SSSR count). The molecule has 0 aromatic heterocycles. The Bertz CT molecular complexity index is 1540. The standard InChI is InChI=1S/C38H52O11/c1-23(11-10-17-37(3,4)47-21-32(40)41)12-14-26-25(15-13-24(2)35(26)45-8)30-19-28(39)34-31(49-30)20-29(44-7)27(36(34)46-9)16-18-38(5,6)48-22-33(42)43/h12-13,15,20,30H,10-11,14,16-19,21-22H2,1-9H3,(H,40,41)(H,42,43)/b23-12+. The van der Waals surface area contributed by atoms with Gasteiger partial charge in [0.15, 0.2) is 5.78 Å². The van der Waals surface area contributed by atoms with E-state index in [1.807, 2.05) is 46.8 Å². The highest BCUT2D eigenvalue weighted by Crippen LogP contribution is 2.47. The van der Waals surface area contributed by atoms with Gasteiger partial charge in [-0.25, -0.2) is 9.59 Å². The van der Waals surface area contributed by atoms with Gasteiger partial charge in [0.2, 0.25) is 0 Å². The van der Waals surface area contributed by atoms with Gasteiger partial charge >= 0.3 is 11.9 Å². The number of hydrogen-bond acceptors (Lipinski definition) is 9. The van der Waals surface area contributed by atoms with E-state index in [-0.39, 0.29) is 18.8 Å². The lowest BCUT2D eigenvalue weighted by atomic mass is 9.88. The van der Waals surface area contributed by atoms with Crippen LogP contribution >= 0.6 is 0 Å². The summed E-state index contributed by atoms with van der Waals surface area (Å²) in [4.78, 5) is 35.8. The van der Waals surface area contributed by atoms with Crippen LogP contribution in [0.15, 0.2) is 29.8 Å². The predicted molar refractivity (Wildman–Crippen MR) is 185 cm³/mol. The van der Waals surface area contributed by atoms with Crippen LogP contribution in [0.1, 0.15) is 105 Å². The zero-order valence-electron chi connectivity index (χ0n) is 30.3. The molecule has 1 atom stereocenters. The molecular weight excluding hydrogens is 632 g/mol. The number of fused-ring (bicyclic) bond motifs is 1. The van der Waals surface area contributed by atoms with Crippen molar-refractivity contribution < 1.29 is 53.0 Å². The maximum Gasteiger partial charge on any atom is 0.329 e. The van der Waals surface area contributed by atoms with E-state index in [0.717, 1.165) is 35.3 Å². The van der Waals surface area contributed by atoms with Crippen LogP contribution in [0.3, 0.4) is 0 Å². The number of aryl methyl sites for hydroxylation is 1. The second-order valence-electron chi connectivity index (χ2n) is 13.7. The molecule has 0 saturated carbocycles. The van der Waals surface area contributed by atoms with Crippen molar-refractivity contribution in [3.8, 4) is 23.0 Å². The maximum atomic E-state index is 13.9. The lowest BCUT2D eigenvalue weighted by Gasteiger charge is -2.31. The van der Waals surface area contributed by atoms with Crippen molar-refractivity contribution in [2.75, 3.05) is 34.5 Å². The third-order valence-corrected chi connectivity index (χ3v) is 8.85. The molecule has 270 valence electrons. The SMILES string of the molecule is COc1cc2c(c(OC)c1CCC(C)(C)OCC(=O)O)C(=O)CC(c1ccc(C)c(OC)c1C/C=C(\C)CCCC(C)(C)OCC(=O)O)O2. The van der Waals surface area contributed by atoms with Crippen LogP contribution in [0.4, 0.5) is 0 Å². The number of ketones is 1. The van der Waals surface area contributed by atoms with Gasteiger partial charge in [0.1, 0.15) is 47.9 Å². The minimum atomic E-state index is -1.05. The summed E-state index contributed by atoms with van der Waals surface area (Å²) >= 11 is 0. The molecule has 1 aliphatic rings. The fraction of sp³-hybridized carbons (Fsp3) is 0.553. The van der Waals surface area contributed by atoms with Gasteiger partial charge in [0.05, 0.1) is 39.0 Å². The van der Waals surface area contributed by atoms with Gasteiger partial charge in [0.25, 0.3) is 0 Å². The number of carbonyl (C=O) groups is 3. The number of Topliss-reactive ketones (excluding diaryl/α,β-unsaturated/α-hetero) is 1. The Kier molecular flexibility index (Phi) is 13.7. The van der Waals surface area contributed by atoms with Gasteiger partial charge in [-0.3, -0.25) is 4.79 Å². The van der Waals surface area contributed by atoms with Crippen LogP contribution in [0.2, 0.25) is 0 Å². The molecule has 2 aromatic rings. The minimum absolute atomic E-state index is 0.0929. The Labute approximate surface area is 289 Å². The molecule has 0 spiro atoms. The van der Waals surface area contributed by atoms with Crippen LogP contribution < -0.4 is 18.9 Å². The molecule has 0 fully saturated rings. The number of methoxy groups -OCH3 is 3. The monoisotopic (exact) mass is 684 g/mol. The second kappa shape index (κ2) is 17.0. The van der Waals surface area contributed by atoms with Crippen LogP contribution in [-0.2, 0) is 31.9 Å². The van der Waals surface area contributed by atoms with Crippen LogP contribution in [0.25, 0.3) is 0 Å². The van der Waals surface area contributed by atoms with Gasteiger partial charge in [-0.1, -0.05) is 23.8 Å². The zero-order chi connectivity index (χ0) is 36.5. The molecule has 11 heteroatoms. The summed E-state index contributed by atoms with van der Waals surface area (Å²) in [7, 11) is 4.69. The quantitative estimate of drug-likeness (QED) is 0.146. The highest BCUT2D eigenvalue weighted by Gasteiger charge is 2.35. The van der Waals surface area contributed by atoms with Gasteiger partial charge in [0, 0.05) is 17.2 Å². The Hall–Kier alpha value is -4.09. The second-order valence-corrected chi connectivity index (χ2v) is 13.7. The van der Waals surface area contributed by atoms with E-state index in [1.165, 1.54) is 12.7 Å². The van der Waals surface area contributed by atoms with Gasteiger partial charge < -0.3 is 38.6 Å². The average Bonchev–Trinajstić information content (AvgIpc) is 3.03. The Morgan fingerprint density at radius 1 is 0.918 bits per heavy atom. The molecule has 0 radical (unpaired) electrons. The molecule has 49 heavy (non-hydrogen) atoms. The molecule has 0 saturated heterocycles. The summed E-state index contributed by atoms with van der Waals surface area (Å²) in [6.07, 6.45) is 5.49. The Morgan fingerprint density at radius 3 is 2.10 bits per heavy atom. The summed E-state index contributed by atoms with van der Waals surface area (Å²) in [5, 5.41) is 18.0. The Morgan fingerprint density at radius 2 is 1.53 bits per heavy atom. The van der Waals surface area contributed by atoms with Crippen molar-refractivity contribution in [3.63, 3.8) is 0 Å². The number of aliphatic carboxylic acids is 2. The fourth-order valence-corrected chi connectivity index (χ4v) is 6.11. The fourth-order valence-electron chi connectivity index (χ4n) is 6.11. The van der Waals surface area contributed by atoms with Gasteiger partial charge in [-0.2, -0.15) is 0 Å². The molecule has 2 aromatic carbocycles. The summed E-state index contributed by atoms with van der Waals surface area (Å²) in [6.45, 7) is 10.7. The molecule has 1 unspecified atom stereocenters. The number of benzene rings is 2. The zero-order valence-corrected chi connectivity index (χ0v) is 30.3. The van der Waals surface area contributed by atoms with E-state index >= 15 is 0 Å². The van der Waals surface area contributed by atoms with E-state index in [9.17, 15) is 14.4 Å². The predicted octanol–water partition coefficient (Wildman–Crippen LogP) is 7.08. The maximum absolute atomic E-state index is 13.9. The molecule has 0 bridgehead atoms. The lowest BCUT2D eigenvalue weighted by Crippen LogP contribution is -2.28. The number of carboxylic acids is 2. The van der Waals surface area contributed by atoms with E-state index in [2.05, 4.69) is 13.0 Å². The summed E-state index contributed by atoms with van der Waals surface area (Å²) in [5.74, 6) is -0.174. The van der Waals surface area contributed by atoms with Crippen LogP contribution in [0.5, 0.6) is 23.0 Å². The first kappa shape index (κ1) is 39.3. The third-order valence-electron chi connectivity index (χ3n) is 8.85. The molecule has 1 heterocycles. The average molecular weight is 685 g/mol. The minimum Gasteiger partial charge on any atom is -0.496 e. The number of carboxylic acid groups (broad SMARTS) is 2. The van der Waals surface area contributed by atoms with Crippen molar-refractivity contribution in [1.29, 1.82) is 0 Å². The van der Waals surface area contributed by atoms with Crippen LogP contribution in [-0.4, -0.2) is 73.7 Å². The molecule has 2 N–H and O–H groups in total. The van der Waals surface area contributed by atoms with Crippen molar-refractivity contribution in [2.24, 2.45) is 0 Å². The largest absolute Gasteiger partial charge is 0.496 e. The number of rotatable bonds is 19. The Balaban J connectivity index is 1.88. The van der Waals surface area contributed by atoms with Gasteiger partial charge in [-0.05, 0) is 91.2 Å². The normalized spacial score (nSPS) is 15.0. The van der Waals surface area contributed by atoms with E-state index < -0.39 is 35.9 Å². The van der Waals surface area contributed by atoms with E-state index in [0.29, 0.717) is 54.1 Å². The number of hydrogen-bond donors (Lipinski definition) is 2. The smallest absolute Gasteiger partial charge is 0.329 e. The molecule has 0 aliphatic carbocycles. The summed E-state index contributed by atoms with van der Waals surface area (Å²) in [6, 6.07) is 5.68.